The van der Waals surface area contributed by atoms with Crippen molar-refractivity contribution >= 4 is 11.6 Å². The van der Waals surface area contributed by atoms with Crippen LogP contribution in [0, 0.1) is 34.0 Å². The number of carbonyl (C=O) groups excluding carboxylic acids is 2. The molecule has 0 radical (unpaired) electrons. The quantitative estimate of drug-likeness (QED) is 0.651. The molecule has 0 amide bonds. The Kier molecular flexibility index (Phi) is 3.57. The van der Waals surface area contributed by atoms with Crippen LogP contribution in [0.2, 0.25) is 0 Å². The molecule has 0 unspecified atom stereocenters. The second kappa shape index (κ2) is 5.18. The van der Waals surface area contributed by atoms with Gasteiger partial charge >= 0.3 is 0 Å². The lowest BCUT2D eigenvalue weighted by Crippen LogP contribution is -2.52. The predicted molar refractivity (Wildman–Crippen MR) is 100 cm³/mol. The largest absolute Gasteiger partial charge is 0.299 e. The summed E-state index contributed by atoms with van der Waals surface area (Å²) < 4.78 is 0. The Morgan fingerprint density at radius 1 is 1.08 bits per heavy atom. The van der Waals surface area contributed by atoms with E-state index in [4.69, 9.17) is 0 Å². The summed E-state index contributed by atoms with van der Waals surface area (Å²) in [5, 5.41) is 0. The highest BCUT2D eigenvalue weighted by molar-refractivity contribution is 5.92. The SMILES string of the molecule is CC(=O)[C@]1(C)CC[C@@H]2[C@H]3C=C(C)C4=CC(=O)CC[C@@]4(C)[C@@H]3CC[C@@]21C. The van der Waals surface area contributed by atoms with Crippen LogP contribution in [-0.4, -0.2) is 11.6 Å². The molecular weight excluding hydrogens is 308 g/mol. The molecule has 25 heavy (non-hydrogen) atoms. The van der Waals surface area contributed by atoms with Gasteiger partial charge in [0, 0.05) is 11.8 Å². The number of fused-ring (bicyclic) bond motifs is 5. The van der Waals surface area contributed by atoms with E-state index in [1.165, 1.54) is 24.0 Å². The fraction of sp³-hybridized carbons (Fsp3) is 0.739. The summed E-state index contributed by atoms with van der Waals surface area (Å²) in [6, 6.07) is 0. The molecule has 2 nitrogen and oxygen atoms in total. The number of hydrogen-bond donors (Lipinski definition) is 0. The number of hydrogen-bond acceptors (Lipinski definition) is 2. The van der Waals surface area contributed by atoms with Crippen molar-refractivity contribution in [1.29, 1.82) is 0 Å². The van der Waals surface area contributed by atoms with Gasteiger partial charge in [0.05, 0.1) is 0 Å². The van der Waals surface area contributed by atoms with E-state index in [2.05, 4.69) is 33.8 Å². The maximum atomic E-state index is 12.5. The van der Waals surface area contributed by atoms with E-state index in [1.807, 2.05) is 6.08 Å². The molecule has 0 heterocycles. The molecule has 4 aliphatic rings. The molecule has 0 aromatic carbocycles. The monoisotopic (exact) mass is 340 g/mol. The van der Waals surface area contributed by atoms with Gasteiger partial charge in [-0.15, -0.1) is 0 Å². The van der Waals surface area contributed by atoms with Crippen LogP contribution in [0.5, 0.6) is 0 Å². The van der Waals surface area contributed by atoms with Gasteiger partial charge < -0.3 is 0 Å². The molecule has 4 aliphatic carbocycles. The second-order valence-electron chi connectivity index (χ2n) is 9.96. The fourth-order valence-electron chi connectivity index (χ4n) is 7.26. The standard InChI is InChI=1S/C23H32O2/c1-14-12-17-18(21(3)9-6-16(25)13-20(14)21)7-11-23(5)19(17)8-10-22(23,4)15(2)24/h12-13,17-19H,6-11H2,1-5H3/t17-,18+,19+,21-,22-,23-/m0/s1. The molecule has 0 aliphatic heterocycles. The minimum absolute atomic E-state index is 0.124. The van der Waals surface area contributed by atoms with Crippen molar-refractivity contribution in [2.45, 2.75) is 73.1 Å². The molecule has 2 heteroatoms. The van der Waals surface area contributed by atoms with Gasteiger partial charge in [-0.1, -0.05) is 32.4 Å². The van der Waals surface area contributed by atoms with Gasteiger partial charge in [0.1, 0.15) is 5.78 Å². The van der Waals surface area contributed by atoms with Gasteiger partial charge in [0.25, 0.3) is 0 Å². The highest BCUT2D eigenvalue weighted by Crippen LogP contribution is 2.69. The third kappa shape index (κ3) is 2.03. The summed E-state index contributed by atoms with van der Waals surface area (Å²) in [6.07, 6.45) is 10.7. The van der Waals surface area contributed by atoms with Crippen LogP contribution in [-0.2, 0) is 9.59 Å². The summed E-state index contributed by atoms with van der Waals surface area (Å²) >= 11 is 0. The molecule has 0 bridgehead atoms. The van der Waals surface area contributed by atoms with Crippen LogP contribution in [0.3, 0.4) is 0 Å². The fourth-order valence-corrected chi connectivity index (χ4v) is 7.26. The molecule has 0 N–H and O–H groups in total. The summed E-state index contributed by atoms with van der Waals surface area (Å²) in [5.41, 5.74) is 2.73. The first-order chi connectivity index (χ1) is 11.6. The lowest BCUT2D eigenvalue weighted by molar-refractivity contribution is -0.136. The Morgan fingerprint density at radius 3 is 2.44 bits per heavy atom. The van der Waals surface area contributed by atoms with Gasteiger partial charge in [-0.25, -0.2) is 0 Å². The Balaban J connectivity index is 1.80. The first-order valence-electron chi connectivity index (χ1n) is 10.1. The number of ketones is 2. The maximum Gasteiger partial charge on any atom is 0.156 e. The molecule has 6 atom stereocenters. The molecule has 0 spiro atoms. The highest BCUT2D eigenvalue weighted by Gasteiger charge is 2.63. The molecule has 0 aromatic heterocycles. The van der Waals surface area contributed by atoms with Crippen molar-refractivity contribution in [3.63, 3.8) is 0 Å². The predicted octanol–water partition coefficient (Wildman–Crippen LogP) is 5.28. The normalized spacial score (nSPS) is 48.8. The van der Waals surface area contributed by atoms with Crippen LogP contribution in [0.25, 0.3) is 0 Å². The van der Waals surface area contributed by atoms with Crippen LogP contribution in [0.4, 0.5) is 0 Å². The van der Waals surface area contributed by atoms with E-state index >= 15 is 0 Å². The summed E-state index contributed by atoms with van der Waals surface area (Å²) in [6.45, 7) is 11.0. The lowest BCUT2D eigenvalue weighted by Gasteiger charge is -2.58. The Morgan fingerprint density at radius 2 is 1.76 bits per heavy atom. The van der Waals surface area contributed by atoms with Crippen LogP contribution in [0.1, 0.15) is 73.1 Å². The molecule has 0 aromatic rings. The number of carbonyl (C=O) groups is 2. The van der Waals surface area contributed by atoms with Crippen LogP contribution >= 0.6 is 0 Å². The molecule has 0 saturated heterocycles. The average Bonchev–Trinajstić information content (AvgIpc) is 2.83. The van der Waals surface area contributed by atoms with Crippen molar-refractivity contribution in [3.05, 3.63) is 23.3 Å². The third-order valence-corrected chi connectivity index (χ3v) is 9.21. The van der Waals surface area contributed by atoms with E-state index in [9.17, 15) is 9.59 Å². The zero-order valence-electron chi connectivity index (χ0n) is 16.4. The van der Waals surface area contributed by atoms with Crippen LogP contribution < -0.4 is 0 Å². The first kappa shape index (κ1) is 17.2. The van der Waals surface area contributed by atoms with Crippen molar-refractivity contribution in [2.24, 2.45) is 34.0 Å². The van der Waals surface area contributed by atoms with Crippen LogP contribution in [0.15, 0.2) is 23.3 Å². The number of allylic oxidation sites excluding steroid dienone is 4. The van der Waals surface area contributed by atoms with E-state index < -0.39 is 0 Å². The van der Waals surface area contributed by atoms with Gasteiger partial charge in [0.15, 0.2) is 5.78 Å². The number of rotatable bonds is 1. The van der Waals surface area contributed by atoms with E-state index in [-0.39, 0.29) is 16.2 Å². The van der Waals surface area contributed by atoms with E-state index in [1.54, 1.807) is 6.92 Å². The molecular formula is C23H32O2. The number of Topliss-reactive ketones (excluding diaryl/α,β-unsaturated/α-hetero) is 1. The Bertz CT molecular complexity index is 714. The van der Waals surface area contributed by atoms with Gasteiger partial charge in [-0.05, 0) is 86.2 Å². The molecule has 2 saturated carbocycles. The minimum Gasteiger partial charge on any atom is -0.299 e. The topological polar surface area (TPSA) is 34.1 Å². The molecule has 136 valence electrons. The minimum atomic E-state index is -0.163. The van der Waals surface area contributed by atoms with E-state index in [0.717, 1.165) is 19.3 Å². The van der Waals surface area contributed by atoms with Gasteiger partial charge in [-0.3, -0.25) is 9.59 Å². The molecule has 4 rings (SSSR count). The highest BCUT2D eigenvalue weighted by atomic mass is 16.1. The summed E-state index contributed by atoms with van der Waals surface area (Å²) in [7, 11) is 0. The Hall–Kier alpha value is -1.18. The maximum absolute atomic E-state index is 12.5. The zero-order chi connectivity index (χ0) is 18.2. The molecule has 2 fully saturated rings. The Labute approximate surface area is 152 Å². The van der Waals surface area contributed by atoms with Crippen molar-refractivity contribution in [2.75, 3.05) is 0 Å². The lowest BCUT2D eigenvalue weighted by atomic mass is 9.46. The third-order valence-electron chi connectivity index (χ3n) is 9.21. The zero-order valence-corrected chi connectivity index (χ0v) is 16.4. The first-order valence-corrected chi connectivity index (χ1v) is 10.1. The average molecular weight is 341 g/mol. The summed E-state index contributed by atoms with van der Waals surface area (Å²) in [5.74, 6) is 2.47. The second-order valence-corrected chi connectivity index (χ2v) is 9.96. The van der Waals surface area contributed by atoms with Crippen molar-refractivity contribution < 1.29 is 9.59 Å². The van der Waals surface area contributed by atoms with Gasteiger partial charge in [-0.2, -0.15) is 0 Å². The summed E-state index contributed by atoms with van der Waals surface area (Å²) in [4.78, 5) is 24.5. The smallest absolute Gasteiger partial charge is 0.156 e. The van der Waals surface area contributed by atoms with Crippen molar-refractivity contribution in [3.8, 4) is 0 Å². The van der Waals surface area contributed by atoms with Crippen molar-refractivity contribution in [1.82, 2.24) is 0 Å². The van der Waals surface area contributed by atoms with Gasteiger partial charge in [0.2, 0.25) is 0 Å². The van der Waals surface area contributed by atoms with E-state index in [0.29, 0.717) is 35.7 Å².